The van der Waals surface area contributed by atoms with Crippen molar-refractivity contribution in [1.29, 1.82) is 0 Å². The van der Waals surface area contributed by atoms with Crippen LogP contribution in [-0.2, 0) is 34.1 Å². The molecule has 2 aromatic rings. The lowest BCUT2D eigenvalue weighted by molar-refractivity contribution is -0.274. The molecule has 0 saturated carbocycles. The monoisotopic (exact) mass is 461 g/mol. The molecule has 0 bridgehead atoms. The lowest BCUT2D eigenvalue weighted by Crippen LogP contribution is -2.27. The summed E-state index contributed by atoms with van der Waals surface area (Å²) in [6.45, 7) is 1.20. The topological polar surface area (TPSA) is 82.5 Å². The predicted molar refractivity (Wildman–Crippen MR) is 90.9 cm³/mol. The van der Waals surface area contributed by atoms with Crippen molar-refractivity contribution in [1.82, 2.24) is 14.5 Å². The fourth-order valence-electron chi connectivity index (χ4n) is 2.31. The number of hydrogen-bond acceptors (Lipinski definition) is 5. The Labute approximate surface area is 167 Å². The quantitative estimate of drug-likeness (QED) is 0.458. The third-order valence-corrected chi connectivity index (χ3v) is 5.09. The Kier molecular flexibility index (Phi) is 7.36. The van der Waals surface area contributed by atoms with Gasteiger partial charge in [0.2, 0.25) is 10.0 Å². The zero-order valence-corrected chi connectivity index (χ0v) is 16.2. The second kappa shape index (κ2) is 9.22. The molecule has 168 valence electrons. The van der Waals surface area contributed by atoms with Crippen molar-refractivity contribution >= 4 is 10.0 Å². The van der Waals surface area contributed by atoms with E-state index in [2.05, 4.69) is 14.6 Å². The van der Waals surface area contributed by atoms with Crippen LogP contribution in [0.2, 0.25) is 0 Å². The van der Waals surface area contributed by atoms with Gasteiger partial charge >= 0.3 is 12.5 Å². The maximum atomic E-state index is 12.7. The Morgan fingerprint density at radius 1 is 1.10 bits per heavy atom. The first kappa shape index (κ1) is 24.0. The SMILES string of the molecule is CCn1nc(C(F)(F)F)cc1COCCNS(=O)(=O)c1ccc(OC(F)(F)F)cc1. The van der Waals surface area contributed by atoms with Gasteiger partial charge in [0.15, 0.2) is 5.69 Å². The summed E-state index contributed by atoms with van der Waals surface area (Å²) in [5.74, 6) is -0.574. The first-order valence-electron chi connectivity index (χ1n) is 8.39. The Morgan fingerprint density at radius 2 is 1.73 bits per heavy atom. The van der Waals surface area contributed by atoms with Crippen molar-refractivity contribution in [2.45, 2.75) is 37.5 Å². The molecule has 1 heterocycles. The summed E-state index contributed by atoms with van der Waals surface area (Å²) in [6.07, 6.45) is -9.49. The van der Waals surface area contributed by atoms with Gasteiger partial charge in [-0.15, -0.1) is 13.2 Å². The molecule has 7 nitrogen and oxygen atoms in total. The zero-order valence-electron chi connectivity index (χ0n) is 15.4. The molecule has 0 unspecified atom stereocenters. The average molecular weight is 461 g/mol. The number of aromatic nitrogens is 2. The smallest absolute Gasteiger partial charge is 0.406 e. The summed E-state index contributed by atoms with van der Waals surface area (Å²) in [4.78, 5) is -0.295. The summed E-state index contributed by atoms with van der Waals surface area (Å²) < 4.78 is 111. The van der Waals surface area contributed by atoms with E-state index < -0.39 is 34.0 Å². The van der Waals surface area contributed by atoms with Crippen molar-refractivity contribution < 1.29 is 44.2 Å². The van der Waals surface area contributed by atoms with E-state index in [1.807, 2.05) is 0 Å². The highest BCUT2D eigenvalue weighted by Gasteiger charge is 2.34. The Hall–Kier alpha value is -2.32. The minimum Gasteiger partial charge on any atom is -0.406 e. The van der Waals surface area contributed by atoms with Crippen LogP contribution in [0, 0.1) is 0 Å². The predicted octanol–water partition coefficient (Wildman–Crippen LogP) is 3.32. The van der Waals surface area contributed by atoms with E-state index in [1.54, 1.807) is 6.92 Å². The standard InChI is InChI=1S/C16H17F6N3O4S/c1-2-25-11(9-14(24-25)15(17,18)19)10-28-8-7-23-30(26,27)13-5-3-12(4-6-13)29-16(20,21)22/h3-6,9,23H,2,7-8,10H2,1H3. The Morgan fingerprint density at radius 3 is 2.27 bits per heavy atom. The van der Waals surface area contributed by atoms with Gasteiger partial charge in [-0.1, -0.05) is 0 Å². The van der Waals surface area contributed by atoms with E-state index in [9.17, 15) is 34.8 Å². The lowest BCUT2D eigenvalue weighted by Gasteiger charge is -2.10. The second-order valence-electron chi connectivity index (χ2n) is 5.80. The molecule has 0 atom stereocenters. The summed E-state index contributed by atoms with van der Waals surface area (Å²) in [6, 6.07) is 4.41. The molecule has 0 saturated heterocycles. The molecule has 1 aromatic heterocycles. The minimum absolute atomic E-state index is 0.162. The molecule has 0 aliphatic carbocycles. The number of nitrogens with one attached hydrogen (secondary N) is 1. The summed E-state index contributed by atoms with van der Waals surface area (Å²) in [5.41, 5.74) is -0.880. The minimum atomic E-state index is -4.90. The van der Waals surface area contributed by atoms with Gasteiger partial charge in [0, 0.05) is 13.1 Å². The molecule has 0 aliphatic heterocycles. The average Bonchev–Trinajstić information content (AvgIpc) is 3.04. The maximum Gasteiger partial charge on any atom is 0.573 e. The molecule has 0 radical (unpaired) electrons. The fraction of sp³-hybridized carbons (Fsp3) is 0.438. The Balaban J connectivity index is 1.86. The van der Waals surface area contributed by atoms with Crippen molar-refractivity contribution in [3.05, 3.63) is 41.7 Å². The van der Waals surface area contributed by atoms with E-state index in [-0.39, 0.29) is 36.9 Å². The van der Waals surface area contributed by atoms with Gasteiger partial charge < -0.3 is 9.47 Å². The molecule has 0 aliphatic rings. The number of alkyl halides is 6. The maximum absolute atomic E-state index is 12.7. The molecule has 30 heavy (non-hydrogen) atoms. The second-order valence-corrected chi connectivity index (χ2v) is 7.57. The van der Waals surface area contributed by atoms with Crippen LogP contribution in [-0.4, -0.2) is 37.7 Å². The Bertz CT molecular complexity index is 939. The molecule has 1 aromatic carbocycles. The number of aryl methyl sites for hydroxylation is 1. The molecule has 14 heteroatoms. The van der Waals surface area contributed by atoms with Crippen LogP contribution >= 0.6 is 0 Å². The molecule has 2 rings (SSSR count). The number of ether oxygens (including phenoxy) is 2. The van der Waals surface area contributed by atoms with E-state index in [0.29, 0.717) is 0 Å². The van der Waals surface area contributed by atoms with Crippen LogP contribution in [0.3, 0.4) is 0 Å². The highest BCUT2D eigenvalue weighted by Crippen LogP contribution is 2.28. The van der Waals surface area contributed by atoms with Gasteiger partial charge in [-0.2, -0.15) is 18.3 Å². The number of nitrogens with zero attached hydrogens (tertiary/aromatic N) is 2. The third kappa shape index (κ3) is 6.88. The lowest BCUT2D eigenvalue weighted by atomic mass is 10.3. The number of benzene rings is 1. The van der Waals surface area contributed by atoms with Crippen molar-refractivity contribution in [2.75, 3.05) is 13.2 Å². The van der Waals surface area contributed by atoms with Crippen LogP contribution in [0.25, 0.3) is 0 Å². The van der Waals surface area contributed by atoms with Crippen LogP contribution in [0.5, 0.6) is 5.75 Å². The molecule has 1 N–H and O–H groups in total. The van der Waals surface area contributed by atoms with Crippen molar-refractivity contribution in [2.24, 2.45) is 0 Å². The highest BCUT2D eigenvalue weighted by molar-refractivity contribution is 7.89. The van der Waals surface area contributed by atoms with Gasteiger partial charge in [-0.05, 0) is 37.3 Å². The van der Waals surface area contributed by atoms with Gasteiger partial charge in [0.05, 0.1) is 23.8 Å². The van der Waals surface area contributed by atoms with E-state index in [4.69, 9.17) is 4.74 Å². The normalized spacial score (nSPS) is 12.9. The molecule has 0 amide bonds. The summed E-state index contributed by atoms with van der Waals surface area (Å²) in [7, 11) is -4.03. The van der Waals surface area contributed by atoms with Gasteiger partial charge in [-0.3, -0.25) is 4.68 Å². The van der Waals surface area contributed by atoms with E-state index in [0.717, 1.165) is 35.0 Å². The summed E-state index contributed by atoms with van der Waals surface area (Å²) >= 11 is 0. The van der Waals surface area contributed by atoms with Crippen LogP contribution in [0.1, 0.15) is 18.3 Å². The molecule has 0 spiro atoms. The largest absolute Gasteiger partial charge is 0.573 e. The van der Waals surface area contributed by atoms with Gasteiger partial charge in [-0.25, -0.2) is 13.1 Å². The number of sulfonamides is 1. The van der Waals surface area contributed by atoms with Crippen LogP contribution in [0.15, 0.2) is 35.2 Å². The molecule has 0 fully saturated rings. The first-order valence-corrected chi connectivity index (χ1v) is 9.87. The van der Waals surface area contributed by atoms with Gasteiger partial charge in [0.25, 0.3) is 0 Å². The zero-order chi connectivity index (χ0) is 22.6. The van der Waals surface area contributed by atoms with Crippen molar-refractivity contribution in [3.8, 4) is 5.75 Å². The fourth-order valence-corrected chi connectivity index (χ4v) is 3.33. The van der Waals surface area contributed by atoms with E-state index >= 15 is 0 Å². The summed E-state index contributed by atoms with van der Waals surface area (Å²) in [5, 5.41) is 3.43. The number of hydrogen-bond donors (Lipinski definition) is 1. The number of rotatable bonds is 9. The number of halogens is 6. The van der Waals surface area contributed by atoms with Gasteiger partial charge in [0.1, 0.15) is 5.75 Å². The van der Waals surface area contributed by atoms with Crippen molar-refractivity contribution in [3.63, 3.8) is 0 Å². The highest BCUT2D eigenvalue weighted by atomic mass is 32.2. The van der Waals surface area contributed by atoms with E-state index in [1.165, 1.54) is 0 Å². The van der Waals surface area contributed by atoms with Crippen LogP contribution in [0.4, 0.5) is 26.3 Å². The molecular weight excluding hydrogens is 444 g/mol. The molecular formula is C16H17F6N3O4S. The third-order valence-electron chi connectivity index (χ3n) is 3.61. The first-order chi connectivity index (χ1) is 13.8. The van der Waals surface area contributed by atoms with Crippen LogP contribution < -0.4 is 9.46 Å².